The molecule has 1 aromatic heterocycles. The number of aryl methyl sites for hydroxylation is 1. The molecule has 22 heavy (non-hydrogen) atoms. The van der Waals surface area contributed by atoms with Gasteiger partial charge in [-0.3, -0.25) is 9.59 Å². The summed E-state index contributed by atoms with van der Waals surface area (Å²) in [5.74, 6) is -0.297. The minimum Gasteiger partial charge on any atom is -0.302 e. The summed E-state index contributed by atoms with van der Waals surface area (Å²) in [6, 6.07) is 7.61. The maximum Gasteiger partial charge on any atom is 0.246 e. The van der Waals surface area contributed by atoms with Crippen LogP contribution >= 0.6 is 11.3 Å². The molecule has 0 unspecified atom stereocenters. The van der Waals surface area contributed by atoms with E-state index in [2.05, 4.69) is 10.3 Å². The molecule has 2 amide bonds. The maximum absolute atomic E-state index is 12.6. The summed E-state index contributed by atoms with van der Waals surface area (Å²) < 4.78 is 0. The van der Waals surface area contributed by atoms with Gasteiger partial charge in [-0.1, -0.05) is 18.2 Å². The zero-order valence-electron chi connectivity index (χ0n) is 12.7. The van der Waals surface area contributed by atoms with Crippen LogP contribution in [0.15, 0.2) is 30.5 Å². The summed E-state index contributed by atoms with van der Waals surface area (Å²) in [7, 11) is 0. The quantitative estimate of drug-likeness (QED) is 0.947. The lowest BCUT2D eigenvalue weighted by Gasteiger charge is -2.19. The van der Waals surface area contributed by atoms with Crippen LogP contribution < -0.4 is 10.2 Å². The Labute approximate surface area is 133 Å². The molecule has 1 N–H and O–H groups in total. The van der Waals surface area contributed by atoms with E-state index in [4.69, 9.17) is 0 Å². The first-order valence-electron chi connectivity index (χ1n) is 7.03. The highest BCUT2D eigenvalue weighted by molar-refractivity contribution is 7.15. The molecule has 0 saturated carbocycles. The number of nitrogens with zero attached hydrogens (tertiary/aromatic N) is 2. The van der Waals surface area contributed by atoms with Gasteiger partial charge in [0.2, 0.25) is 11.8 Å². The van der Waals surface area contributed by atoms with Crippen LogP contribution in [0.4, 0.5) is 10.8 Å². The maximum atomic E-state index is 12.6. The molecule has 0 bridgehead atoms. The molecule has 0 spiro atoms. The van der Waals surface area contributed by atoms with Crippen molar-refractivity contribution in [3.05, 3.63) is 40.9 Å². The first kappa shape index (κ1) is 14.7. The molecule has 2 heterocycles. The molecule has 0 atom stereocenters. The van der Waals surface area contributed by atoms with Crippen molar-refractivity contribution < 1.29 is 9.59 Å². The molecule has 1 aromatic carbocycles. The van der Waals surface area contributed by atoms with Gasteiger partial charge >= 0.3 is 0 Å². The van der Waals surface area contributed by atoms with Crippen LogP contribution in [0.25, 0.3) is 0 Å². The molecule has 5 nitrogen and oxygen atoms in total. The third-order valence-electron chi connectivity index (χ3n) is 3.82. The largest absolute Gasteiger partial charge is 0.302 e. The van der Waals surface area contributed by atoms with E-state index in [0.29, 0.717) is 5.13 Å². The zero-order valence-corrected chi connectivity index (χ0v) is 13.5. The number of nitrogens with one attached hydrogen (secondary N) is 1. The molecule has 0 radical (unpaired) electrons. The van der Waals surface area contributed by atoms with Crippen molar-refractivity contribution in [2.75, 3.05) is 16.8 Å². The zero-order chi connectivity index (χ0) is 15.9. The van der Waals surface area contributed by atoms with Gasteiger partial charge in [-0.15, -0.1) is 11.3 Å². The van der Waals surface area contributed by atoms with E-state index in [1.54, 1.807) is 11.1 Å². The van der Waals surface area contributed by atoms with Gasteiger partial charge < -0.3 is 10.2 Å². The Kier molecular flexibility index (Phi) is 3.48. The van der Waals surface area contributed by atoms with Crippen molar-refractivity contribution in [1.29, 1.82) is 0 Å². The van der Waals surface area contributed by atoms with E-state index in [9.17, 15) is 9.59 Å². The number of carbonyl (C=O) groups excluding carboxylic acids is 2. The van der Waals surface area contributed by atoms with Crippen molar-refractivity contribution in [3.8, 4) is 0 Å². The summed E-state index contributed by atoms with van der Waals surface area (Å²) in [6.07, 6.45) is 1.71. The number of hydrogen-bond donors (Lipinski definition) is 1. The molecular formula is C16H17N3O2S. The minimum absolute atomic E-state index is 0.00208. The number of anilines is 2. The highest BCUT2D eigenvalue weighted by Crippen LogP contribution is 2.41. The smallest absolute Gasteiger partial charge is 0.246 e. The van der Waals surface area contributed by atoms with Gasteiger partial charge in [0.05, 0.1) is 5.41 Å². The predicted octanol–water partition coefficient (Wildman–Crippen LogP) is 2.71. The number of hydrogen-bond acceptors (Lipinski definition) is 4. The molecule has 1 aliphatic heterocycles. The first-order chi connectivity index (χ1) is 10.4. The topological polar surface area (TPSA) is 62.3 Å². The van der Waals surface area contributed by atoms with Crippen LogP contribution in [0.1, 0.15) is 24.3 Å². The van der Waals surface area contributed by atoms with Crippen molar-refractivity contribution in [2.24, 2.45) is 0 Å². The van der Waals surface area contributed by atoms with Gasteiger partial charge in [0.1, 0.15) is 6.54 Å². The van der Waals surface area contributed by atoms with Crippen molar-refractivity contribution in [3.63, 3.8) is 0 Å². The van der Waals surface area contributed by atoms with Crippen molar-refractivity contribution in [2.45, 2.75) is 26.2 Å². The van der Waals surface area contributed by atoms with E-state index >= 15 is 0 Å². The van der Waals surface area contributed by atoms with Gasteiger partial charge in [-0.25, -0.2) is 4.98 Å². The third kappa shape index (κ3) is 2.39. The SMILES string of the molecule is Cc1cnc(NC(=O)CN2C(=O)C(C)(C)c3ccccc32)s1. The first-order valence-corrected chi connectivity index (χ1v) is 7.85. The van der Waals surface area contributed by atoms with E-state index in [-0.39, 0.29) is 18.4 Å². The Morgan fingerprint density at radius 3 is 2.77 bits per heavy atom. The normalized spacial score (nSPS) is 15.8. The van der Waals surface area contributed by atoms with Crippen LogP contribution in [0.2, 0.25) is 0 Å². The second kappa shape index (κ2) is 5.21. The van der Waals surface area contributed by atoms with Gasteiger partial charge in [-0.05, 0) is 32.4 Å². The number of rotatable bonds is 3. The number of carbonyl (C=O) groups is 2. The Balaban J connectivity index is 1.80. The molecule has 0 fully saturated rings. The number of amides is 2. The fourth-order valence-electron chi connectivity index (χ4n) is 2.67. The number of thiazole rings is 1. The van der Waals surface area contributed by atoms with Crippen LogP contribution in [0.3, 0.4) is 0 Å². The Morgan fingerprint density at radius 2 is 2.09 bits per heavy atom. The number of para-hydroxylation sites is 1. The summed E-state index contributed by atoms with van der Waals surface area (Å²) in [5, 5.41) is 3.30. The summed E-state index contributed by atoms with van der Waals surface area (Å²) in [4.78, 5) is 31.5. The van der Waals surface area contributed by atoms with Crippen molar-refractivity contribution in [1.82, 2.24) is 4.98 Å². The van der Waals surface area contributed by atoms with Crippen LogP contribution in [-0.4, -0.2) is 23.3 Å². The van der Waals surface area contributed by atoms with Gasteiger partial charge in [0, 0.05) is 16.8 Å². The molecule has 6 heteroatoms. The molecule has 2 aromatic rings. The lowest BCUT2D eigenvalue weighted by molar-refractivity contribution is -0.124. The lowest BCUT2D eigenvalue weighted by atomic mass is 9.86. The monoisotopic (exact) mass is 315 g/mol. The lowest BCUT2D eigenvalue weighted by Crippen LogP contribution is -2.40. The fourth-order valence-corrected chi connectivity index (χ4v) is 3.35. The second-order valence-corrected chi connectivity index (χ2v) is 7.09. The molecular weight excluding hydrogens is 298 g/mol. The summed E-state index contributed by atoms with van der Waals surface area (Å²) in [5.41, 5.74) is 1.16. The molecule has 1 aliphatic rings. The van der Waals surface area contributed by atoms with Crippen LogP contribution in [-0.2, 0) is 15.0 Å². The van der Waals surface area contributed by atoms with Gasteiger partial charge in [0.25, 0.3) is 0 Å². The average molecular weight is 315 g/mol. The summed E-state index contributed by atoms with van der Waals surface area (Å²) in [6.45, 7) is 5.69. The fraction of sp³-hybridized carbons (Fsp3) is 0.312. The van der Waals surface area contributed by atoms with Gasteiger partial charge in [-0.2, -0.15) is 0 Å². The third-order valence-corrected chi connectivity index (χ3v) is 4.65. The molecule has 3 rings (SSSR count). The summed E-state index contributed by atoms with van der Waals surface area (Å²) >= 11 is 1.41. The molecule has 0 aliphatic carbocycles. The highest BCUT2D eigenvalue weighted by Gasteiger charge is 2.44. The second-order valence-electron chi connectivity index (χ2n) is 5.86. The minimum atomic E-state index is -0.603. The van der Waals surface area contributed by atoms with Gasteiger partial charge in [0.15, 0.2) is 5.13 Å². The molecule has 0 saturated heterocycles. The Hall–Kier alpha value is -2.21. The van der Waals surface area contributed by atoms with Crippen molar-refractivity contribution >= 4 is 34.0 Å². The Bertz CT molecular complexity index is 751. The highest BCUT2D eigenvalue weighted by atomic mass is 32.1. The Morgan fingerprint density at radius 1 is 1.36 bits per heavy atom. The van der Waals surface area contributed by atoms with E-state index in [1.165, 1.54) is 11.3 Å². The standard InChI is InChI=1S/C16H17N3O2S/c1-10-8-17-15(22-10)18-13(20)9-19-12-7-5-4-6-11(12)16(2,3)14(19)21/h4-8H,9H2,1-3H3,(H,17,18,20). The van der Waals surface area contributed by atoms with Crippen LogP contribution in [0.5, 0.6) is 0 Å². The van der Waals surface area contributed by atoms with E-state index in [0.717, 1.165) is 16.1 Å². The van der Waals surface area contributed by atoms with Crippen LogP contribution in [0, 0.1) is 6.92 Å². The van der Waals surface area contributed by atoms with E-state index < -0.39 is 5.41 Å². The number of aromatic nitrogens is 1. The average Bonchev–Trinajstić information content (AvgIpc) is 2.95. The van der Waals surface area contributed by atoms with E-state index in [1.807, 2.05) is 45.0 Å². The number of fused-ring (bicyclic) bond motifs is 1. The predicted molar refractivity (Wildman–Crippen MR) is 87.3 cm³/mol. The number of benzene rings is 1. The molecule has 114 valence electrons.